The first-order valence-corrected chi connectivity index (χ1v) is 11.1. The Hall–Kier alpha value is -2.92. The second kappa shape index (κ2) is 10.8. The maximum atomic E-state index is 13.0. The van der Waals surface area contributed by atoms with Gasteiger partial charge >= 0.3 is 5.97 Å². The fourth-order valence-corrected chi connectivity index (χ4v) is 4.03. The van der Waals surface area contributed by atoms with E-state index >= 15 is 0 Å². The molecule has 0 bridgehead atoms. The van der Waals surface area contributed by atoms with Gasteiger partial charge < -0.3 is 4.74 Å². The molecule has 0 N–H and O–H groups in total. The summed E-state index contributed by atoms with van der Waals surface area (Å²) in [6, 6.07) is 0.732. The van der Waals surface area contributed by atoms with E-state index in [1.165, 1.54) is 18.2 Å². The van der Waals surface area contributed by atoms with E-state index in [2.05, 4.69) is 4.72 Å². The van der Waals surface area contributed by atoms with Gasteiger partial charge in [0.1, 0.15) is 0 Å². The molecule has 4 rings (SSSR count). The van der Waals surface area contributed by atoms with Crippen molar-refractivity contribution in [3.05, 3.63) is 106 Å². The molecule has 0 aliphatic heterocycles. The lowest BCUT2D eigenvalue weighted by molar-refractivity contribution is 0.0526. The zero-order chi connectivity index (χ0) is 31.9. The third-order valence-electron chi connectivity index (χ3n) is 4.29. The topological polar surface area (TPSA) is 40.4 Å². The summed E-state index contributed by atoms with van der Waals surface area (Å²) in [6.45, 7) is 1.55. The molecule has 6 heteroatoms. The Kier molecular flexibility index (Phi) is 4.49. The van der Waals surface area contributed by atoms with Crippen molar-refractivity contribution in [1.29, 1.82) is 0 Å². The molecule has 165 valence electrons. The molecule has 33 heavy (non-hydrogen) atoms. The molecular weight excluding hydrogens is 473 g/mol. The fourth-order valence-electron chi connectivity index (χ4n) is 2.86. The highest BCUT2D eigenvalue weighted by Crippen LogP contribution is 2.42. The van der Waals surface area contributed by atoms with Gasteiger partial charge in [-0.3, -0.25) is 0 Å². The van der Waals surface area contributed by atoms with Gasteiger partial charge in [0, 0.05) is 33.0 Å². The van der Waals surface area contributed by atoms with E-state index in [9.17, 15) is 4.79 Å². The van der Waals surface area contributed by atoms with Gasteiger partial charge in [-0.25, -0.2) is 9.52 Å². The maximum Gasteiger partial charge on any atom is 0.338 e. The van der Waals surface area contributed by atoms with Crippen LogP contribution in [0.3, 0.4) is 0 Å². The van der Waals surface area contributed by atoms with Gasteiger partial charge in [0.15, 0.2) is 0 Å². The molecule has 1 radical (unpaired) electrons. The number of hydrogen-bond acceptors (Lipinski definition) is 3. The Morgan fingerprint density at radius 3 is 2.03 bits per heavy atom. The number of esters is 1. The number of halogens is 2. The lowest BCUT2D eigenvalue weighted by Crippen LogP contribution is -2.06. The molecule has 0 saturated heterocycles. The minimum absolute atomic E-state index is 0.0239. The first kappa shape index (κ1) is 13.7. The quantitative estimate of drug-likeness (QED) is 0.188. The Morgan fingerprint density at radius 2 is 1.52 bits per heavy atom. The number of nitrogens with zero attached hydrogens (tertiary/aromatic N) is 1. The van der Waals surface area contributed by atoms with Gasteiger partial charge in [0.25, 0.3) is 0 Å². The van der Waals surface area contributed by atoms with Crippen LogP contribution in [0.15, 0.2) is 95.7 Å². The van der Waals surface area contributed by atoms with Crippen LogP contribution in [0.1, 0.15) is 31.0 Å². The normalized spacial score (nSPS) is 14.9. The van der Waals surface area contributed by atoms with Crippen LogP contribution >= 0.6 is 35.1 Å². The van der Waals surface area contributed by atoms with Crippen molar-refractivity contribution in [3.63, 3.8) is 0 Å². The molecule has 0 aromatic heterocycles. The second-order valence-electron chi connectivity index (χ2n) is 6.40. The van der Waals surface area contributed by atoms with E-state index < -0.39 is 66.4 Å². The molecule has 0 aliphatic rings. The molecule has 0 fully saturated rings. The van der Waals surface area contributed by atoms with Crippen molar-refractivity contribution in [1.82, 2.24) is 4.72 Å². The SMILES string of the molecule is [2H]c1c([2H])c([2H])c(-c2cc(C(=O)OCC)cc(-c3c([2H])c([2H])c([2H])c([2H])c3[2H])c2[N]Sc2ccc(Cl)cc2Cl)c([2H])c1[2H]. The molecule has 0 atom stereocenters. The highest BCUT2D eigenvalue weighted by molar-refractivity contribution is 7.97. The van der Waals surface area contributed by atoms with E-state index in [0.29, 0.717) is 9.92 Å². The van der Waals surface area contributed by atoms with E-state index in [1.807, 2.05) is 0 Å². The van der Waals surface area contributed by atoms with E-state index in [1.54, 1.807) is 19.1 Å². The van der Waals surface area contributed by atoms with Gasteiger partial charge in [-0.1, -0.05) is 83.6 Å². The van der Waals surface area contributed by atoms with Crippen molar-refractivity contribution in [2.24, 2.45) is 0 Å². The summed E-state index contributed by atoms with van der Waals surface area (Å²) >= 11 is 13.2. The van der Waals surface area contributed by atoms with Crippen LogP contribution < -0.4 is 4.72 Å². The summed E-state index contributed by atoms with van der Waals surface area (Å²) < 4.78 is 93.0. The summed E-state index contributed by atoms with van der Waals surface area (Å²) in [5, 5.41) is 0.575. The lowest BCUT2D eigenvalue weighted by Gasteiger charge is -2.17. The van der Waals surface area contributed by atoms with Crippen molar-refractivity contribution in [2.45, 2.75) is 11.8 Å². The number of carbonyl (C=O) groups excluding carboxylic acids is 1. The highest BCUT2D eigenvalue weighted by Gasteiger charge is 2.20. The summed E-state index contributed by atoms with van der Waals surface area (Å²) in [6.07, 6.45) is 0. The predicted molar refractivity (Wildman–Crippen MR) is 137 cm³/mol. The minimum atomic E-state index is -0.857. The third kappa shape index (κ3) is 5.53. The number of benzene rings is 4. The fraction of sp³-hybridized carbons (Fsp3) is 0.0741. The zero-order valence-corrected chi connectivity index (χ0v) is 19.4. The summed E-state index contributed by atoms with van der Waals surface area (Å²) in [5.41, 5.74) is -1.23. The van der Waals surface area contributed by atoms with Crippen molar-refractivity contribution in [2.75, 3.05) is 6.61 Å². The molecule has 0 amide bonds. The van der Waals surface area contributed by atoms with E-state index in [0.717, 1.165) is 11.9 Å². The van der Waals surface area contributed by atoms with Crippen LogP contribution in [0.25, 0.3) is 22.3 Å². The predicted octanol–water partition coefficient (Wildman–Crippen LogP) is 8.45. The zero-order valence-electron chi connectivity index (χ0n) is 27.0. The first-order chi connectivity index (χ1) is 20.2. The van der Waals surface area contributed by atoms with Crippen molar-refractivity contribution >= 4 is 46.8 Å². The smallest absolute Gasteiger partial charge is 0.338 e. The average molecular weight is 503 g/mol. The molecule has 4 aromatic rings. The number of rotatable bonds is 7. The van der Waals surface area contributed by atoms with E-state index in [-0.39, 0.29) is 45.1 Å². The Bertz CT molecular complexity index is 1660. The Labute approximate surface area is 221 Å². The number of ether oxygens (including phenoxy) is 1. The van der Waals surface area contributed by atoms with E-state index in [4.69, 9.17) is 41.6 Å². The van der Waals surface area contributed by atoms with Gasteiger partial charge in [0.2, 0.25) is 0 Å². The van der Waals surface area contributed by atoms with Gasteiger partial charge in [-0.05, 0) is 48.4 Å². The van der Waals surface area contributed by atoms with Crippen molar-refractivity contribution < 1.29 is 23.2 Å². The standard InChI is InChI=1S/C27H20Cl2NO2S/c1-2-32-27(31)20-15-22(18-9-5-3-6-10-18)26(23(16-20)19-11-7-4-8-12-19)30-33-25-14-13-21(28)17-24(25)29/h3-17H,2H2,1H3/i3D,4D,5D,6D,7D,8D,9D,10D,11D,12D. The van der Waals surface area contributed by atoms with Crippen LogP contribution in [0.5, 0.6) is 0 Å². The second-order valence-corrected chi connectivity index (χ2v) is 8.05. The van der Waals surface area contributed by atoms with Crippen LogP contribution in [0.4, 0.5) is 5.69 Å². The number of hydrogen-bond donors (Lipinski definition) is 0. The Balaban J connectivity index is 2.17. The largest absolute Gasteiger partial charge is 0.462 e. The average Bonchev–Trinajstić information content (AvgIpc) is 2.97. The monoisotopic (exact) mass is 502 g/mol. The lowest BCUT2D eigenvalue weighted by atomic mass is 9.93. The van der Waals surface area contributed by atoms with Crippen molar-refractivity contribution in [3.8, 4) is 22.3 Å². The van der Waals surface area contributed by atoms with Gasteiger partial charge in [-0.15, -0.1) is 0 Å². The molecular formula is C27H20Cl2NO2S. The van der Waals surface area contributed by atoms with Gasteiger partial charge in [0.05, 0.1) is 36.6 Å². The van der Waals surface area contributed by atoms with Crippen LogP contribution in [0.2, 0.25) is 10.0 Å². The molecule has 4 aromatic carbocycles. The van der Waals surface area contributed by atoms with Crippen LogP contribution in [0, 0.1) is 0 Å². The third-order valence-corrected chi connectivity index (χ3v) is 5.78. The van der Waals surface area contributed by atoms with Gasteiger partial charge in [-0.2, -0.15) is 0 Å². The molecule has 3 nitrogen and oxygen atoms in total. The summed E-state index contributed by atoms with van der Waals surface area (Å²) in [5.74, 6) is -0.857. The maximum absolute atomic E-state index is 13.0. The molecule has 0 unspecified atom stereocenters. The minimum Gasteiger partial charge on any atom is -0.462 e. The molecule has 0 spiro atoms. The molecule has 0 heterocycles. The summed E-state index contributed by atoms with van der Waals surface area (Å²) in [7, 11) is 0. The van der Waals surface area contributed by atoms with Crippen LogP contribution in [-0.4, -0.2) is 12.6 Å². The summed E-state index contributed by atoms with van der Waals surface area (Å²) in [4.78, 5) is 13.4. The first-order valence-electron chi connectivity index (χ1n) is 14.5. The van der Waals surface area contributed by atoms with Crippen LogP contribution in [-0.2, 0) is 4.74 Å². The number of carbonyl (C=O) groups is 1. The Morgan fingerprint density at radius 1 is 0.939 bits per heavy atom. The highest BCUT2D eigenvalue weighted by atomic mass is 35.5. The molecule has 0 aliphatic carbocycles. The molecule has 0 saturated carbocycles.